The smallest absolute Gasteiger partial charge is 0.254 e. The van der Waals surface area contributed by atoms with Gasteiger partial charge in [0.2, 0.25) is 5.91 Å². The van der Waals surface area contributed by atoms with Crippen molar-refractivity contribution in [2.75, 3.05) is 19.7 Å². The van der Waals surface area contributed by atoms with Crippen molar-refractivity contribution < 1.29 is 19.1 Å². The van der Waals surface area contributed by atoms with Crippen LogP contribution in [0.5, 0.6) is 0 Å². The van der Waals surface area contributed by atoms with Crippen LogP contribution >= 0.6 is 0 Å². The van der Waals surface area contributed by atoms with Gasteiger partial charge in [-0.1, -0.05) is 49.2 Å². The highest BCUT2D eigenvalue weighted by molar-refractivity contribution is 5.95. The van der Waals surface area contributed by atoms with Crippen molar-refractivity contribution in [3.63, 3.8) is 0 Å². The standard InChI is InChI=1S/C25H27FN2O3/c26-20-12-6-11-19(13-20)23(30)27-15-25(16-27)22(17-7-2-1-3-8-17)21(14-29)28(25)24(31)18-9-4-5-10-18/h1-3,6-8,11-13,18,21-22,29H,4-5,9-10,14-16H2/t21-,22+/m0/s1. The zero-order valence-corrected chi connectivity index (χ0v) is 17.4. The number of hydrogen-bond donors (Lipinski definition) is 1. The van der Waals surface area contributed by atoms with Crippen LogP contribution in [0.1, 0.15) is 47.5 Å². The van der Waals surface area contributed by atoms with Crippen molar-refractivity contribution in [1.82, 2.24) is 9.80 Å². The molecule has 0 bridgehead atoms. The van der Waals surface area contributed by atoms with Gasteiger partial charge >= 0.3 is 0 Å². The fourth-order valence-electron chi connectivity index (χ4n) is 5.95. The van der Waals surface area contributed by atoms with E-state index in [-0.39, 0.29) is 36.3 Å². The Hall–Kier alpha value is -2.73. The molecule has 2 saturated heterocycles. The Kier molecular flexibility index (Phi) is 5.05. The van der Waals surface area contributed by atoms with Crippen LogP contribution in [0.3, 0.4) is 0 Å². The number of amides is 2. The summed E-state index contributed by atoms with van der Waals surface area (Å²) < 4.78 is 13.6. The van der Waals surface area contributed by atoms with E-state index >= 15 is 0 Å². The Balaban J connectivity index is 1.44. The van der Waals surface area contributed by atoms with Crippen LogP contribution in [0, 0.1) is 11.7 Å². The van der Waals surface area contributed by atoms with E-state index < -0.39 is 11.4 Å². The van der Waals surface area contributed by atoms with Gasteiger partial charge in [0.1, 0.15) is 5.82 Å². The number of carbonyl (C=O) groups excluding carboxylic acids is 2. The monoisotopic (exact) mass is 422 g/mol. The summed E-state index contributed by atoms with van der Waals surface area (Å²) in [5, 5.41) is 10.2. The van der Waals surface area contributed by atoms with Gasteiger partial charge in [-0.3, -0.25) is 9.59 Å². The van der Waals surface area contributed by atoms with E-state index in [1.165, 1.54) is 18.2 Å². The molecule has 1 N–H and O–H groups in total. The topological polar surface area (TPSA) is 60.9 Å². The number of hydrogen-bond acceptors (Lipinski definition) is 3. The van der Waals surface area contributed by atoms with Crippen LogP contribution in [-0.2, 0) is 4.79 Å². The molecule has 2 aliphatic heterocycles. The highest BCUT2D eigenvalue weighted by Crippen LogP contribution is 2.55. The summed E-state index contributed by atoms with van der Waals surface area (Å²) in [6.07, 6.45) is 3.91. The average molecular weight is 423 g/mol. The molecule has 1 aliphatic carbocycles. The van der Waals surface area contributed by atoms with E-state index in [1.807, 2.05) is 35.2 Å². The SMILES string of the molecule is O=C(c1cccc(F)c1)N1CC2(C1)[C@H](c1ccccc1)[C@H](CO)N2C(=O)C1CCCC1. The summed E-state index contributed by atoms with van der Waals surface area (Å²) >= 11 is 0. The molecule has 5 nitrogen and oxygen atoms in total. The lowest BCUT2D eigenvalue weighted by Gasteiger charge is -2.70. The maximum absolute atomic E-state index is 13.6. The quantitative estimate of drug-likeness (QED) is 0.823. The first kappa shape index (κ1) is 20.2. The number of nitrogens with zero attached hydrogens (tertiary/aromatic N) is 2. The largest absolute Gasteiger partial charge is 0.394 e. The number of likely N-dealkylation sites (tertiary alicyclic amines) is 2. The Morgan fingerprint density at radius 2 is 1.74 bits per heavy atom. The van der Waals surface area contributed by atoms with Crippen LogP contribution in [0.4, 0.5) is 4.39 Å². The van der Waals surface area contributed by atoms with E-state index in [4.69, 9.17) is 0 Å². The molecule has 0 radical (unpaired) electrons. The maximum atomic E-state index is 13.6. The van der Waals surface area contributed by atoms with E-state index in [2.05, 4.69) is 0 Å². The molecule has 2 aromatic rings. The first-order valence-corrected chi connectivity index (χ1v) is 11.1. The third-order valence-electron chi connectivity index (χ3n) is 7.35. The van der Waals surface area contributed by atoms with Crippen LogP contribution < -0.4 is 0 Å². The molecule has 2 atom stereocenters. The Morgan fingerprint density at radius 3 is 2.39 bits per heavy atom. The molecule has 1 saturated carbocycles. The van der Waals surface area contributed by atoms with Crippen molar-refractivity contribution in [3.05, 3.63) is 71.5 Å². The average Bonchev–Trinajstić information content (AvgIpc) is 3.28. The van der Waals surface area contributed by atoms with Gasteiger partial charge in [-0.2, -0.15) is 0 Å². The van der Waals surface area contributed by atoms with Crippen LogP contribution in [0.15, 0.2) is 54.6 Å². The molecule has 3 fully saturated rings. The molecule has 0 unspecified atom stereocenters. The lowest BCUT2D eigenvalue weighted by Crippen LogP contribution is -2.86. The fraction of sp³-hybridized carbons (Fsp3) is 0.440. The van der Waals surface area contributed by atoms with Gasteiger partial charge in [-0.25, -0.2) is 4.39 Å². The van der Waals surface area contributed by atoms with E-state index in [0.717, 1.165) is 31.2 Å². The lowest BCUT2D eigenvalue weighted by atomic mass is 9.60. The van der Waals surface area contributed by atoms with Gasteiger partial charge in [-0.15, -0.1) is 0 Å². The second kappa shape index (κ2) is 7.75. The molecule has 5 rings (SSSR count). The van der Waals surface area contributed by atoms with Crippen molar-refractivity contribution in [2.45, 2.75) is 43.2 Å². The summed E-state index contributed by atoms with van der Waals surface area (Å²) in [6, 6.07) is 15.4. The number of benzene rings is 2. The molecular formula is C25H27FN2O3. The summed E-state index contributed by atoms with van der Waals surface area (Å²) in [5.74, 6) is -0.569. The molecule has 31 heavy (non-hydrogen) atoms. The normalized spacial score (nSPS) is 24.7. The molecule has 1 spiro atoms. The number of aliphatic hydroxyl groups is 1. The van der Waals surface area contributed by atoms with Crippen molar-refractivity contribution >= 4 is 11.8 Å². The van der Waals surface area contributed by atoms with Gasteiger partial charge in [0.05, 0.1) is 18.2 Å². The predicted octanol–water partition coefficient (Wildman–Crippen LogP) is 3.20. The molecule has 162 valence electrons. The Labute approximate surface area is 181 Å². The number of carbonyl (C=O) groups is 2. The van der Waals surface area contributed by atoms with Crippen LogP contribution in [-0.4, -0.2) is 58.0 Å². The molecule has 0 aromatic heterocycles. The minimum Gasteiger partial charge on any atom is -0.394 e. The third kappa shape index (κ3) is 3.16. The summed E-state index contributed by atoms with van der Waals surface area (Å²) in [6.45, 7) is 0.700. The van der Waals surface area contributed by atoms with Crippen LogP contribution in [0.2, 0.25) is 0 Å². The number of rotatable bonds is 4. The molecular weight excluding hydrogens is 395 g/mol. The number of aliphatic hydroxyl groups excluding tert-OH is 1. The zero-order chi connectivity index (χ0) is 21.6. The van der Waals surface area contributed by atoms with E-state index in [9.17, 15) is 19.1 Å². The van der Waals surface area contributed by atoms with Gasteiger partial charge in [-0.05, 0) is 36.6 Å². The third-order valence-corrected chi connectivity index (χ3v) is 7.35. The minimum atomic E-state index is -0.503. The number of halogens is 1. The fourth-order valence-corrected chi connectivity index (χ4v) is 5.95. The summed E-state index contributed by atoms with van der Waals surface area (Å²) in [5.41, 5.74) is 0.893. The van der Waals surface area contributed by atoms with E-state index in [0.29, 0.717) is 18.7 Å². The van der Waals surface area contributed by atoms with Crippen molar-refractivity contribution in [2.24, 2.45) is 5.92 Å². The van der Waals surface area contributed by atoms with Gasteiger partial charge in [0, 0.05) is 30.5 Å². The lowest BCUT2D eigenvalue weighted by molar-refractivity contribution is -0.197. The first-order chi connectivity index (χ1) is 15.0. The predicted molar refractivity (Wildman–Crippen MR) is 114 cm³/mol. The first-order valence-electron chi connectivity index (χ1n) is 11.1. The molecule has 3 aliphatic rings. The highest BCUT2D eigenvalue weighted by Gasteiger charge is 2.68. The molecule has 2 heterocycles. The summed E-state index contributed by atoms with van der Waals surface area (Å²) in [7, 11) is 0. The maximum Gasteiger partial charge on any atom is 0.254 e. The second-order valence-corrected chi connectivity index (χ2v) is 9.10. The molecule has 6 heteroatoms. The van der Waals surface area contributed by atoms with Crippen molar-refractivity contribution in [1.29, 1.82) is 0 Å². The highest BCUT2D eigenvalue weighted by atomic mass is 19.1. The Bertz CT molecular complexity index is 983. The van der Waals surface area contributed by atoms with Crippen LogP contribution in [0.25, 0.3) is 0 Å². The van der Waals surface area contributed by atoms with Gasteiger partial charge in [0.25, 0.3) is 5.91 Å². The van der Waals surface area contributed by atoms with Gasteiger partial charge in [0.15, 0.2) is 0 Å². The summed E-state index contributed by atoms with van der Waals surface area (Å²) in [4.78, 5) is 29.9. The van der Waals surface area contributed by atoms with Gasteiger partial charge < -0.3 is 14.9 Å². The zero-order valence-electron chi connectivity index (χ0n) is 17.4. The van der Waals surface area contributed by atoms with Crippen molar-refractivity contribution in [3.8, 4) is 0 Å². The molecule has 2 aromatic carbocycles. The Morgan fingerprint density at radius 1 is 1.03 bits per heavy atom. The minimum absolute atomic E-state index is 0.00983. The van der Waals surface area contributed by atoms with E-state index in [1.54, 1.807) is 11.0 Å². The second-order valence-electron chi connectivity index (χ2n) is 9.10. The molecule has 2 amide bonds.